The number of para-hydroxylation sites is 1. The predicted molar refractivity (Wildman–Crippen MR) is 157 cm³/mol. The number of sulfonamides is 1. The molecule has 1 fully saturated rings. The van der Waals surface area contributed by atoms with Crippen LogP contribution in [0.1, 0.15) is 26.7 Å². The first kappa shape index (κ1) is 29.4. The van der Waals surface area contributed by atoms with E-state index in [1.54, 1.807) is 25.3 Å². The van der Waals surface area contributed by atoms with E-state index in [1.807, 2.05) is 32.0 Å². The lowest BCUT2D eigenvalue weighted by atomic mass is 9.96. The average molecular weight is 588 g/mol. The quantitative estimate of drug-likeness (QED) is 0.258. The lowest BCUT2D eigenvalue weighted by Gasteiger charge is -2.32. The Bertz CT molecular complexity index is 1460. The van der Waals surface area contributed by atoms with Gasteiger partial charge in [0.2, 0.25) is 21.9 Å². The number of halogens is 1. The minimum absolute atomic E-state index is 0.0805. The number of benzene rings is 2. The molecule has 5 N–H and O–H groups in total. The van der Waals surface area contributed by atoms with Crippen molar-refractivity contribution in [2.75, 3.05) is 42.3 Å². The fourth-order valence-electron chi connectivity index (χ4n) is 4.32. The molecule has 2 heterocycles. The zero-order valence-corrected chi connectivity index (χ0v) is 24.2. The Morgan fingerprint density at radius 3 is 2.55 bits per heavy atom. The second-order valence-corrected chi connectivity index (χ2v) is 12.1. The van der Waals surface area contributed by atoms with Crippen molar-refractivity contribution in [2.45, 2.75) is 31.6 Å². The van der Waals surface area contributed by atoms with Crippen LogP contribution >= 0.6 is 11.6 Å². The van der Waals surface area contributed by atoms with Crippen LogP contribution in [0.2, 0.25) is 5.02 Å². The summed E-state index contributed by atoms with van der Waals surface area (Å²) in [5.74, 6) is 0.862. The lowest BCUT2D eigenvalue weighted by Crippen LogP contribution is -2.38. The second-order valence-electron chi connectivity index (χ2n) is 9.93. The molecule has 4 rings (SSSR count). The van der Waals surface area contributed by atoms with Gasteiger partial charge in [0.05, 0.1) is 24.7 Å². The van der Waals surface area contributed by atoms with Crippen LogP contribution in [0.5, 0.6) is 5.75 Å². The Kier molecular flexibility index (Phi) is 9.33. The third-order valence-corrected chi connectivity index (χ3v) is 8.31. The number of nitrogens with two attached hydrogens (primary N) is 1. The van der Waals surface area contributed by atoms with Crippen LogP contribution < -0.4 is 30.7 Å². The molecular weight excluding hydrogens is 554 g/mol. The van der Waals surface area contributed by atoms with E-state index < -0.39 is 10.0 Å². The van der Waals surface area contributed by atoms with E-state index in [4.69, 9.17) is 22.1 Å². The zero-order valence-electron chi connectivity index (χ0n) is 22.6. The van der Waals surface area contributed by atoms with Crippen LogP contribution in [0.25, 0.3) is 0 Å². The van der Waals surface area contributed by atoms with Crippen LogP contribution in [0, 0.1) is 11.8 Å². The van der Waals surface area contributed by atoms with Gasteiger partial charge < -0.3 is 26.0 Å². The summed E-state index contributed by atoms with van der Waals surface area (Å²) in [5.41, 5.74) is 7.39. The SMILES string of the molecule is COc1cc(N2CCC(C(N)=O)CC2)ccc1Nc1ncc(Cl)c(Nc2ccccc2S(=O)(=O)NCC(C)C)n1. The molecule has 3 aromatic rings. The van der Waals surface area contributed by atoms with E-state index in [9.17, 15) is 13.2 Å². The van der Waals surface area contributed by atoms with Gasteiger partial charge in [-0.1, -0.05) is 37.6 Å². The number of anilines is 5. The maximum atomic E-state index is 12.9. The standard InChI is InChI=1S/C27H34ClN7O4S/c1-17(2)15-31-40(37,38)24-7-5-4-6-22(24)32-26-20(28)16-30-27(34-26)33-21-9-8-19(14-23(21)39-3)35-12-10-18(11-13-35)25(29)36/h4-9,14,16-18,31H,10-13,15H2,1-3H3,(H2,29,36)(H2,30,32,33,34). The van der Waals surface area contributed by atoms with E-state index in [0.29, 0.717) is 36.5 Å². The van der Waals surface area contributed by atoms with Crippen molar-refractivity contribution in [3.63, 3.8) is 0 Å². The Hall–Kier alpha value is -3.61. The largest absolute Gasteiger partial charge is 0.494 e. The normalized spacial score (nSPS) is 14.3. The van der Waals surface area contributed by atoms with Gasteiger partial charge in [0, 0.05) is 37.3 Å². The van der Waals surface area contributed by atoms with Crippen molar-refractivity contribution < 1.29 is 17.9 Å². The maximum absolute atomic E-state index is 12.9. The molecule has 0 aliphatic carbocycles. The maximum Gasteiger partial charge on any atom is 0.242 e. The van der Waals surface area contributed by atoms with Gasteiger partial charge in [-0.2, -0.15) is 4.98 Å². The first-order chi connectivity index (χ1) is 19.1. The highest BCUT2D eigenvalue weighted by atomic mass is 35.5. The predicted octanol–water partition coefficient (Wildman–Crippen LogP) is 4.26. The summed E-state index contributed by atoms with van der Waals surface area (Å²) in [6.45, 7) is 5.62. The zero-order chi connectivity index (χ0) is 28.9. The molecule has 0 spiro atoms. The molecule has 1 aliphatic rings. The average Bonchev–Trinajstić information content (AvgIpc) is 2.94. The molecule has 40 heavy (non-hydrogen) atoms. The van der Waals surface area contributed by atoms with E-state index in [0.717, 1.165) is 18.8 Å². The summed E-state index contributed by atoms with van der Waals surface area (Å²) in [6.07, 6.45) is 2.85. The van der Waals surface area contributed by atoms with Gasteiger partial charge in [-0.25, -0.2) is 18.1 Å². The number of nitrogens with zero attached hydrogens (tertiary/aromatic N) is 3. The molecule has 11 nitrogen and oxygen atoms in total. The first-order valence-corrected chi connectivity index (χ1v) is 14.8. The van der Waals surface area contributed by atoms with Crippen molar-refractivity contribution in [3.8, 4) is 5.75 Å². The number of carbonyl (C=O) groups is 1. The van der Waals surface area contributed by atoms with Crippen LogP contribution in [-0.2, 0) is 14.8 Å². The number of carbonyl (C=O) groups excluding carboxylic acids is 1. The molecule has 0 atom stereocenters. The Balaban J connectivity index is 1.53. The van der Waals surface area contributed by atoms with Crippen molar-refractivity contribution >= 4 is 56.4 Å². The topological polar surface area (TPSA) is 152 Å². The molecule has 13 heteroatoms. The molecule has 214 valence electrons. The summed E-state index contributed by atoms with van der Waals surface area (Å²) >= 11 is 6.37. The molecule has 2 aromatic carbocycles. The Labute approximate surface area is 239 Å². The summed E-state index contributed by atoms with van der Waals surface area (Å²) in [5, 5.41) is 6.41. The minimum atomic E-state index is -3.77. The number of aromatic nitrogens is 2. The van der Waals surface area contributed by atoms with Crippen LogP contribution in [0.4, 0.5) is 28.8 Å². The van der Waals surface area contributed by atoms with E-state index in [-0.39, 0.29) is 39.4 Å². The van der Waals surface area contributed by atoms with Crippen molar-refractivity contribution in [1.82, 2.24) is 14.7 Å². The monoisotopic (exact) mass is 587 g/mol. The second kappa shape index (κ2) is 12.7. The first-order valence-electron chi connectivity index (χ1n) is 12.9. The van der Waals surface area contributed by atoms with Gasteiger partial charge >= 0.3 is 0 Å². The van der Waals surface area contributed by atoms with Crippen LogP contribution in [0.15, 0.2) is 53.6 Å². The number of methoxy groups -OCH3 is 1. The van der Waals surface area contributed by atoms with Gasteiger partial charge in [-0.3, -0.25) is 4.79 Å². The Morgan fingerprint density at radius 2 is 1.88 bits per heavy atom. The summed E-state index contributed by atoms with van der Waals surface area (Å²) < 4.78 is 34.1. The fraction of sp³-hybridized carbons (Fsp3) is 0.370. The summed E-state index contributed by atoms with van der Waals surface area (Å²) in [7, 11) is -2.19. The summed E-state index contributed by atoms with van der Waals surface area (Å²) in [6, 6.07) is 12.3. The number of amides is 1. The van der Waals surface area contributed by atoms with Crippen molar-refractivity contribution in [2.24, 2.45) is 17.6 Å². The highest BCUT2D eigenvalue weighted by molar-refractivity contribution is 7.89. The number of hydrogen-bond donors (Lipinski definition) is 4. The van der Waals surface area contributed by atoms with E-state index in [1.165, 1.54) is 12.3 Å². The molecule has 0 radical (unpaired) electrons. The van der Waals surface area contributed by atoms with Crippen LogP contribution in [-0.4, -0.2) is 51.0 Å². The number of primary amides is 1. The molecule has 1 aliphatic heterocycles. The van der Waals surface area contributed by atoms with E-state index >= 15 is 0 Å². The summed E-state index contributed by atoms with van der Waals surface area (Å²) in [4.78, 5) is 22.5. The molecule has 1 amide bonds. The van der Waals surface area contributed by atoms with Gasteiger partial charge in [0.1, 0.15) is 15.7 Å². The molecule has 0 unspecified atom stereocenters. The molecule has 1 aromatic heterocycles. The smallest absolute Gasteiger partial charge is 0.242 e. The third kappa shape index (κ3) is 7.12. The molecular formula is C27H34ClN7O4S. The van der Waals surface area contributed by atoms with Crippen molar-refractivity contribution in [3.05, 3.63) is 53.7 Å². The van der Waals surface area contributed by atoms with Crippen molar-refractivity contribution in [1.29, 1.82) is 0 Å². The Morgan fingerprint density at radius 1 is 1.15 bits per heavy atom. The van der Waals surface area contributed by atoms with Gasteiger partial charge in [0.15, 0.2) is 5.82 Å². The highest BCUT2D eigenvalue weighted by Gasteiger charge is 2.24. The highest BCUT2D eigenvalue weighted by Crippen LogP contribution is 2.34. The third-order valence-electron chi connectivity index (χ3n) is 6.55. The fourth-order valence-corrected chi connectivity index (χ4v) is 5.84. The molecule has 1 saturated heterocycles. The number of piperidine rings is 1. The minimum Gasteiger partial charge on any atom is -0.494 e. The van der Waals surface area contributed by atoms with Gasteiger partial charge in [0.25, 0.3) is 0 Å². The number of hydrogen-bond acceptors (Lipinski definition) is 9. The number of nitrogens with one attached hydrogen (secondary N) is 3. The van der Waals surface area contributed by atoms with Gasteiger partial charge in [-0.05, 0) is 43.0 Å². The molecule has 0 bridgehead atoms. The van der Waals surface area contributed by atoms with Gasteiger partial charge in [-0.15, -0.1) is 0 Å². The number of rotatable bonds is 11. The molecule has 0 saturated carbocycles. The van der Waals surface area contributed by atoms with E-state index in [2.05, 4.69) is 30.2 Å². The van der Waals surface area contributed by atoms with Crippen LogP contribution in [0.3, 0.4) is 0 Å². The lowest BCUT2D eigenvalue weighted by molar-refractivity contribution is -0.122. The number of ether oxygens (including phenoxy) is 1.